The summed E-state index contributed by atoms with van der Waals surface area (Å²) in [6.07, 6.45) is 3.61. The van der Waals surface area contributed by atoms with Crippen LogP contribution in [0.1, 0.15) is 46.5 Å². The lowest BCUT2D eigenvalue weighted by atomic mass is 10.1. The first kappa shape index (κ1) is 17.8. The quantitative estimate of drug-likeness (QED) is 0.786. The Hall–Kier alpha value is -1.30. The smallest absolute Gasteiger partial charge is 0.408 e. The van der Waals surface area contributed by atoms with Crippen LogP contribution in [-0.4, -0.2) is 55.3 Å². The molecule has 1 atom stereocenters. The van der Waals surface area contributed by atoms with Crippen LogP contribution < -0.4 is 5.32 Å². The highest BCUT2D eigenvalue weighted by molar-refractivity contribution is 5.81. The first-order chi connectivity index (χ1) is 9.81. The number of nitrogens with one attached hydrogen (secondary N) is 1. The maximum atomic E-state index is 11.8. The molecule has 122 valence electrons. The van der Waals surface area contributed by atoms with Crippen molar-refractivity contribution in [2.24, 2.45) is 0 Å². The zero-order valence-electron chi connectivity index (χ0n) is 13.6. The number of carbonyl (C=O) groups excluding carboxylic acids is 2. The monoisotopic (exact) mass is 300 g/mol. The summed E-state index contributed by atoms with van der Waals surface area (Å²) in [7, 11) is 1.33. The number of rotatable bonds is 5. The third-order valence-corrected chi connectivity index (χ3v) is 3.36. The van der Waals surface area contributed by atoms with E-state index in [2.05, 4.69) is 10.2 Å². The summed E-state index contributed by atoms with van der Waals surface area (Å²) in [5, 5.41) is 2.60. The Morgan fingerprint density at radius 2 is 1.81 bits per heavy atom. The molecule has 1 saturated heterocycles. The first-order valence-corrected chi connectivity index (χ1v) is 7.61. The van der Waals surface area contributed by atoms with E-state index in [0.717, 1.165) is 19.6 Å². The van der Waals surface area contributed by atoms with Crippen molar-refractivity contribution in [3.63, 3.8) is 0 Å². The van der Waals surface area contributed by atoms with Crippen molar-refractivity contribution in [1.82, 2.24) is 10.2 Å². The Balaban J connectivity index is 2.47. The third-order valence-electron chi connectivity index (χ3n) is 3.36. The van der Waals surface area contributed by atoms with Crippen molar-refractivity contribution in [3.8, 4) is 0 Å². The van der Waals surface area contributed by atoms with E-state index in [9.17, 15) is 9.59 Å². The fraction of sp³-hybridized carbons (Fsp3) is 0.867. The van der Waals surface area contributed by atoms with E-state index < -0.39 is 23.7 Å². The molecule has 0 saturated carbocycles. The van der Waals surface area contributed by atoms with Crippen molar-refractivity contribution in [2.45, 2.75) is 58.1 Å². The average molecular weight is 300 g/mol. The molecule has 0 radical (unpaired) electrons. The summed E-state index contributed by atoms with van der Waals surface area (Å²) in [5.41, 5.74) is -0.586. The number of hydrogen-bond acceptors (Lipinski definition) is 5. The van der Waals surface area contributed by atoms with Gasteiger partial charge in [-0.05, 0) is 53.1 Å². The Kier molecular flexibility index (Phi) is 6.95. The van der Waals surface area contributed by atoms with E-state index >= 15 is 0 Å². The summed E-state index contributed by atoms with van der Waals surface area (Å²) in [4.78, 5) is 25.9. The largest absolute Gasteiger partial charge is 0.467 e. The van der Waals surface area contributed by atoms with E-state index in [1.54, 1.807) is 20.8 Å². The molecule has 0 aromatic carbocycles. The van der Waals surface area contributed by atoms with Gasteiger partial charge in [-0.2, -0.15) is 0 Å². The number of likely N-dealkylation sites (tertiary alicyclic amines) is 1. The minimum atomic E-state index is -0.660. The van der Waals surface area contributed by atoms with Gasteiger partial charge in [0.1, 0.15) is 11.6 Å². The summed E-state index contributed by atoms with van der Waals surface area (Å²) in [6, 6.07) is -0.660. The highest BCUT2D eigenvalue weighted by atomic mass is 16.6. The van der Waals surface area contributed by atoms with E-state index in [1.807, 2.05) is 0 Å². The number of ether oxygens (including phenoxy) is 2. The van der Waals surface area contributed by atoms with Gasteiger partial charge < -0.3 is 19.7 Å². The normalized spacial score (nSPS) is 17.9. The van der Waals surface area contributed by atoms with Crippen molar-refractivity contribution in [1.29, 1.82) is 0 Å². The number of piperidine rings is 1. The minimum absolute atomic E-state index is 0.433. The lowest BCUT2D eigenvalue weighted by Crippen LogP contribution is -2.46. The number of carbonyl (C=O) groups is 2. The number of hydrogen-bond donors (Lipinski definition) is 1. The van der Waals surface area contributed by atoms with Crippen molar-refractivity contribution < 1.29 is 19.1 Å². The molecule has 1 aliphatic rings. The predicted molar refractivity (Wildman–Crippen MR) is 80.1 cm³/mol. The van der Waals surface area contributed by atoms with Crippen LogP contribution in [0.3, 0.4) is 0 Å². The second-order valence-corrected chi connectivity index (χ2v) is 6.41. The molecule has 1 aliphatic heterocycles. The molecule has 0 unspecified atom stereocenters. The number of methoxy groups -OCH3 is 1. The Bertz CT molecular complexity index is 346. The maximum Gasteiger partial charge on any atom is 0.408 e. The minimum Gasteiger partial charge on any atom is -0.467 e. The summed E-state index contributed by atoms with van der Waals surface area (Å²) >= 11 is 0. The number of esters is 1. The lowest BCUT2D eigenvalue weighted by Gasteiger charge is -2.28. The molecule has 0 aromatic heterocycles. The third kappa shape index (κ3) is 7.32. The first-order valence-electron chi connectivity index (χ1n) is 7.61. The van der Waals surface area contributed by atoms with Gasteiger partial charge in [0.05, 0.1) is 7.11 Å². The molecule has 1 rings (SSSR count). The van der Waals surface area contributed by atoms with Gasteiger partial charge in [0, 0.05) is 6.54 Å². The zero-order chi connectivity index (χ0) is 15.9. The van der Waals surface area contributed by atoms with E-state index in [-0.39, 0.29) is 0 Å². The number of amides is 1. The van der Waals surface area contributed by atoms with Gasteiger partial charge in [-0.3, -0.25) is 0 Å². The van der Waals surface area contributed by atoms with Gasteiger partial charge in [-0.1, -0.05) is 6.42 Å². The van der Waals surface area contributed by atoms with Crippen molar-refractivity contribution in [2.75, 3.05) is 26.7 Å². The van der Waals surface area contributed by atoms with E-state index in [1.165, 1.54) is 26.4 Å². The molecule has 1 heterocycles. The van der Waals surface area contributed by atoms with Gasteiger partial charge >= 0.3 is 12.1 Å². The van der Waals surface area contributed by atoms with Crippen LogP contribution in [-0.2, 0) is 14.3 Å². The molecule has 0 spiro atoms. The fourth-order valence-corrected chi connectivity index (χ4v) is 2.34. The fourth-order valence-electron chi connectivity index (χ4n) is 2.34. The van der Waals surface area contributed by atoms with Gasteiger partial charge in [0.15, 0.2) is 0 Å². The number of nitrogens with zero attached hydrogens (tertiary/aromatic N) is 1. The second-order valence-electron chi connectivity index (χ2n) is 6.41. The molecular weight excluding hydrogens is 272 g/mol. The standard InChI is InChI=1S/C15H28N2O4/c1-15(2,3)21-14(19)16-12(13(18)20-4)8-11-17-9-6-5-7-10-17/h12H,5-11H2,1-4H3,(H,16,19)/t12-/m0/s1. The second kappa shape index (κ2) is 8.22. The SMILES string of the molecule is COC(=O)[C@H](CCN1CCCCC1)NC(=O)OC(C)(C)C. The molecular formula is C15H28N2O4. The van der Waals surface area contributed by atoms with Crippen LogP contribution in [0.25, 0.3) is 0 Å². The zero-order valence-corrected chi connectivity index (χ0v) is 13.6. The predicted octanol–water partition coefficient (Wildman–Crippen LogP) is 1.93. The van der Waals surface area contributed by atoms with Gasteiger partial charge in [-0.25, -0.2) is 9.59 Å². The van der Waals surface area contributed by atoms with E-state index in [4.69, 9.17) is 9.47 Å². The number of alkyl carbamates (subject to hydrolysis) is 1. The topological polar surface area (TPSA) is 67.9 Å². The molecule has 0 aliphatic carbocycles. The molecule has 6 nitrogen and oxygen atoms in total. The van der Waals surface area contributed by atoms with Crippen molar-refractivity contribution in [3.05, 3.63) is 0 Å². The Morgan fingerprint density at radius 3 is 2.33 bits per heavy atom. The van der Waals surface area contributed by atoms with Crippen LogP contribution in [0.15, 0.2) is 0 Å². The summed E-state index contributed by atoms with van der Waals surface area (Å²) in [6.45, 7) is 8.24. The summed E-state index contributed by atoms with van der Waals surface area (Å²) in [5.74, 6) is -0.433. The van der Waals surface area contributed by atoms with Crippen LogP contribution in [0, 0.1) is 0 Å². The molecule has 1 amide bonds. The van der Waals surface area contributed by atoms with Crippen LogP contribution in [0.4, 0.5) is 4.79 Å². The Labute approximate surface area is 127 Å². The average Bonchev–Trinajstić information content (AvgIpc) is 2.41. The molecule has 6 heteroatoms. The Morgan fingerprint density at radius 1 is 1.19 bits per heavy atom. The van der Waals surface area contributed by atoms with Crippen molar-refractivity contribution >= 4 is 12.1 Å². The highest BCUT2D eigenvalue weighted by Gasteiger charge is 2.25. The maximum absolute atomic E-state index is 11.8. The molecule has 0 aromatic rings. The molecule has 21 heavy (non-hydrogen) atoms. The lowest BCUT2D eigenvalue weighted by molar-refractivity contribution is -0.143. The van der Waals surface area contributed by atoms with Gasteiger partial charge in [0.25, 0.3) is 0 Å². The van der Waals surface area contributed by atoms with Gasteiger partial charge in [-0.15, -0.1) is 0 Å². The van der Waals surface area contributed by atoms with Gasteiger partial charge in [0.2, 0.25) is 0 Å². The molecule has 1 N–H and O–H groups in total. The van der Waals surface area contributed by atoms with Crippen LogP contribution >= 0.6 is 0 Å². The van der Waals surface area contributed by atoms with E-state index in [0.29, 0.717) is 6.42 Å². The molecule has 0 bridgehead atoms. The molecule has 1 fully saturated rings. The van der Waals surface area contributed by atoms with Crippen LogP contribution in [0.5, 0.6) is 0 Å². The summed E-state index contributed by atoms with van der Waals surface area (Å²) < 4.78 is 9.94. The van der Waals surface area contributed by atoms with Crippen LogP contribution in [0.2, 0.25) is 0 Å². The highest BCUT2D eigenvalue weighted by Crippen LogP contribution is 2.11.